The first kappa shape index (κ1) is 19.8. The maximum atomic E-state index is 12.8. The van der Waals surface area contributed by atoms with Crippen LogP contribution in [0.1, 0.15) is 49.7 Å². The molecule has 1 aliphatic rings. The topological polar surface area (TPSA) is 72.4 Å². The van der Waals surface area contributed by atoms with E-state index >= 15 is 0 Å². The lowest BCUT2D eigenvalue weighted by atomic mass is 9.89. The van der Waals surface area contributed by atoms with Crippen molar-refractivity contribution in [2.45, 2.75) is 56.0 Å². The Balaban J connectivity index is 1.57. The summed E-state index contributed by atoms with van der Waals surface area (Å²) in [6.45, 7) is -1.59. The molecule has 0 aliphatic heterocycles. The molecule has 0 aromatic carbocycles. The molecule has 2 heterocycles. The molecule has 0 radical (unpaired) electrons. The smallest absolute Gasteiger partial charge is 0.406 e. The first-order valence-corrected chi connectivity index (χ1v) is 9.72. The molecule has 3 rings (SSSR count). The molecule has 0 saturated heterocycles. The van der Waals surface area contributed by atoms with Gasteiger partial charge in [0.1, 0.15) is 12.3 Å². The Morgan fingerprint density at radius 3 is 2.70 bits per heavy atom. The van der Waals surface area contributed by atoms with Gasteiger partial charge in [-0.25, -0.2) is 0 Å². The van der Waals surface area contributed by atoms with E-state index in [0.29, 0.717) is 10.8 Å². The van der Waals surface area contributed by atoms with Gasteiger partial charge in [0.25, 0.3) is 5.22 Å². The summed E-state index contributed by atoms with van der Waals surface area (Å²) in [5, 5.41) is 8.14. The minimum Gasteiger partial charge on any atom is -0.467 e. The van der Waals surface area contributed by atoms with Gasteiger partial charge >= 0.3 is 6.18 Å². The maximum Gasteiger partial charge on any atom is 0.406 e. The zero-order chi connectivity index (χ0) is 19.3. The number of alkyl halides is 3. The average Bonchev–Trinajstić information content (AvgIpc) is 3.30. The SMILES string of the molecule is O=C(CSc1nnc(C2CCCCC2)o1)N(Cc1ccco1)CC(F)(F)F. The third-order valence-corrected chi connectivity index (χ3v) is 5.15. The van der Waals surface area contributed by atoms with Crippen LogP contribution in [0.25, 0.3) is 0 Å². The highest BCUT2D eigenvalue weighted by atomic mass is 32.2. The number of rotatable bonds is 7. The number of amides is 1. The second-order valence-electron chi connectivity index (χ2n) is 6.47. The second kappa shape index (κ2) is 8.81. The number of aromatic nitrogens is 2. The predicted molar refractivity (Wildman–Crippen MR) is 91.0 cm³/mol. The van der Waals surface area contributed by atoms with Crippen LogP contribution in [0.15, 0.2) is 32.5 Å². The number of carbonyl (C=O) groups is 1. The number of halogens is 3. The molecule has 1 saturated carbocycles. The fourth-order valence-electron chi connectivity index (χ4n) is 3.05. The summed E-state index contributed by atoms with van der Waals surface area (Å²) < 4.78 is 49.0. The minimum absolute atomic E-state index is 0.203. The van der Waals surface area contributed by atoms with Crippen molar-refractivity contribution in [1.82, 2.24) is 15.1 Å². The average molecular weight is 403 g/mol. The van der Waals surface area contributed by atoms with Gasteiger partial charge in [0.2, 0.25) is 11.8 Å². The number of carbonyl (C=O) groups excluding carboxylic acids is 1. The Hall–Kier alpha value is -1.97. The zero-order valence-corrected chi connectivity index (χ0v) is 15.4. The van der Waals surface area contributed by atoms with E-state index in [-0.39, 0.29) is 29.2 Å². The molecule has 1 aliphatic carbocycles. The molecule has 0 bridgehead atoms. The molecule has 2 aromatic rings. The maximum absolute atomic E-state index is 12.8. The second-order valence-corrected chi connectivity index (χ2v) is 7.40. The number of hydrogen-bond acceptors (Lipinski definition) is 6. The molecular weight excluding hydrogens is 383 g/mol. The first-order chi connectivity index (χ1) is 12.9. The van der Waals surface area contributed by atoms with E-state index < -0.39 is 18.6 Å². The van der Waals surface area contributed by atoms with Gasteiger partial charge in [-0.05, 0) is 25.0 Å². The number of thioether (sulfide) groups is 1. The van der Waals surface area contributed by atoms with Gasteiger partial charge in [-0.15, -0.1) is 10.2 Å². The standard InChI is InChI=1S/C17H20F3N3O3S/c18-17(19,20)11-23(9-13-7-4-8-25-13)14(24)10-27-16-22-21-15(26-16)12-5-2-1-3-6-12/h4,7-8,12H,1-3,5-6,9-11H2. The van der Waals surface area contributed by atoms with Crippen LogP contribution in [0.5, 0.6) is 0 Å². The van der Waals surface area contributed by atoms with Crippen LogP contribution in [0.3, 0.4) is 0 Å². The van der Waals surface area contributed by atoms with Crippen LogP contribution in [-0.4, -0.2) is 39.5 Å². The van der Waals surface area contributed by atoms with E-state index in [0.717, 1.165) is 37.4 Å². The third-order valence-electron chi connectivity index (χ3n) is 4.35. The van der Waals surface area contributed by atoms with Crippen molar-refractivity contribution < 1.29 is 26.8 Å². The van der Waals surface area contributed by atoms with Crippen molar-refractivity contribution in [3.8, 4) is 0 Å². The Morgan fingerprint density at radius 2 is 2.04 bits per heavy atom. The molecule has 1 fully saturated rings. The molecule has 0 atom stereocenters. The van der Waals surface area contributed by atoms with E-state index in [1.54, 1.807) is 6.07 Å². The van der Waals surface area contributed by atoms with Gasteiger partial charge in [-0.2, -0.15) is 13.2 Å². The lowest BCUT2D eigenvalue weighted by Gasteiger charge is -2.22. The summed E-state index contributed by atoms with van der Waals surface area (Å²) in [7, 11) is 0. The van der Waals surface area contributed by atoms with Gasteiger partial charge in [0, 0.05) is 5.92 Å². The molecule has 10 heteroatoms. The lowest BCUT2D eigenvalue weighted by molar-refractivity contribution is -0.161. The van der Waals surface area contributed by atoms with Crippen molar-refractivity contribution in [2.24, 2.45) is 0 Å². The fourth-order valence-corrected chi connectivity index (χ4v) is 3.72. The zero-order valence-electron chi connectivity index (χ0n) is 14.6. The normalized spacial score (nSPS) is 15.8. The van der Waals surface area contributed by atoms with Gasteiger partial charge in [-0.1, -0.05) is 31.0 Å². The molecule has 1 amide bonds. The highest BCUT2D eigenvalue weighted by molar-refractivity contribution is 7.99. The van der Waals surface area contributed by atoms with Crippen LogP contribution in [0, 0.1) is 0 Å². The van der Waals surface area contributed by atoms with Gasteiger partial charge < -0.3 is 13.7 Å². The van der Waals surface area contributed by atoms with E-state index in [1.807, 2.05) is 0 Å². The summed E-state index contributed by atoms with van der Waals surface area (Å²) >= 11 is 0.951. The molecule has 2 aromatic heterocycles. The van der Waals surface area contributed by atoms with Crippen molar-refractivity contribution in [3.63, 3.8) is 0 Å². The fraction of sp³-hybridized carbons (Fsp3) is 0.588. The summed E-state index contributed by atoms with van der Waals surface area (Å²) in [5.41, 5.74) is 0. The third kappa shape index (κ3) is 6.02. The van der Waals surface area contributed by atoms with Crippen LogP contribution in [-0.2, 0) is 11.3 Å². The van der Waals surface area contributed by atoms with Crippen LogP contribution in [0.4, 0.5) is 13.2 Å². The quantitative estimate of drug-likeness (QED) is 0.639. The number of furan rings is 1. The molecular formula is C17H20F3N3O3S. The van der Waals surface area contributed by atoms with Crippen molar-refractivity contribution >= 4 is 17.7 Å². The van der Waals surface area contributed by atoms with E-state index in [4.69, 9.17) is 8.83 Å². The van der Waals surface area contributed by atoms with Gasteiger partial charge in [-0.3, -0.25) is 4.79 Å². The molecule has 0 N–H and O–H groups in total. The summed E-state index contributed by atoms with van der Waals surface area (Å²) in [6, 6.07) is 3.09. The summed E-state index contributed by atoms with van der Waals surface area (Å²) in [6.07, 6.45) is 2.28. The summed E-state index contributed by atoms with van der Waals surface area (Å²) in [5.74, 6) is 0.175. The molecule has 0 spiro atoms. The van der Waals surface area contributed by atoms with E-state index in [2.05, 4.69) is 10.2 Å². The van der Waals surface area contributed by atoms with Gasteiger partial charge in [0.15, 0.2) is 0 Å². The Kier molecular flexibility index (Phi) is 6.46. The molecule has 27 heavy (non-hydrogen) atoms. The Labute approximate surface area is 158 Å². The Morgan fingerprint density at radius 1 is 1.26 bits per heavy atom. The first-order valence-electron chi connectivity index (χ1n) is 8.74. The molecule has 148 valence electrons. The highest BCUT2D eigenvalue weighted by Crippen LogP contribution is 2.33. The molecule has 6 nitrogen and oxygen atoms in total. The van der Waals surface area contributed by atoms with Crippen LogP contribution in [0.2, 0.25) is 0 Å². The van der Waals surface area contributed by atoms with Crippen molar-refractivity contribution in [3.05, 3.63) is 30.0 Å². The minimum atomic E-state index is -4.49. The van der Waals surface area contributed by atoms with Crippen molar-refractivity contribution in [1.29, 1.82) is 0 Å². The largest absolute Gasteiger partial charge is 0.467 e. The lowest BCUT2D eigenvalue weighted by Crippen LogP contribution is -2.39. The highest BCUT2D eigenvalue weighted by Gasteiger charge is 2.33. The van der Waals surface area contributed by atoms with Crippen LogP contribution < -0.4 is 0 Å². The van der Waals surface area contributed by atoms with Crippen LogP contribution >= 0.6 is 11.8 Å². The summed E-state index contributed by atoms with van der Waals surface area (Å²) in [4.78, 5) is 13.0. The molecule has 0 unspecified atom stereocenters. The van der Waals surface area contributed by atoms with E-state index in [9.17, 15) is 18.0 Å². The van der Waals surface area contributed by atoms with Gasteiger partial charge in [0.05, 0.1) is 18.6 Å². The monoisotopic (exact) mass is 403 g/mol. The van der Waals surface area contributed by atoms with Crippen molar-refractivity contribution in [2.75, 3.05) is 12.3 Å². The Bertz CT molecular complexity index is 727. The predicted octanol–water partition coefficient (Wildman–Crippen LogP) is 4.39. The number of nitrogens with zero attached hydrogens (tertiary/aromatic N) is 3. The number of hydrogen-bond donors (Lipinski definition) is 0. The van der Waals surface area contributed by atoms with E-state index in [1.165, 1.54) is 18.8 Å².